The summed E-state index contributed by atoms with van der Waals surface area (Å²) in [5, 5.41) is 8.45. The number of anilines is 1. The van der Waals surface area contributed by atoms with Crippen LogP contribution in [0.5, 0.6) is 5.75 Å². The van der Waals surface area contributed by atoms with Gasteiger partial charge >= 0.3 is 5.97 Å². The van der Waals surface area contributed by atoms with Gasteiger partial charge in [0, 0.05) is 14.1 Å². The van der Waals surface area contributed by atoms with Crippen LogP contribution in [0.2, 0.25) is 0 Å². The number of nitrogens with zero attached hydrogens (tertiary/aromatic N) is 2. The molecule has 0 aliphatic carbocycles. The molecule has 1 aromatic heterocycles. The molecular formula is C10H14N2O3. The predicted molar refractivity (Wildman–Crippen MR) is 56.4 cm³/mol. The van der Waals surface area contributed by atoms with Crippen molar-refractivity contribution in [1.29, 1.82) is 0 Å². The zero-order valence-electron chi connectivity index (χ0n) is 9.02. The number of carboxylic acid groups (broad SMARTS) is 1. The Morgan fingerprint density at radius 1 is 1.53 bits per heavy atom. The highest BCUT2D eigenvalue weighted by Gasteiger charge is 2.05. The Morgan fingerprint density at radius 2 is 2.20 bits per heavy atom. The van der Waals surface area contributed by atoms with Crippen LogP contribution in [0.4, 0.5) is 5.82 Å². The van der Waals surface area contributed by atoms with E-state index in [0.29, 0.717) is 11.4 Å². The number of pyridine rings is 1. The molecule has 0 saturated carbocycles. The first-order valence-corrected chi connectivity index (χ1v) is 4.50. The number of aryl methyl sites for hydroxylation is 1. The zero-order chi connectivity index (χ0) is 11.4. The number of hydrogen-bond acceptors (Lipinski definition) is 4. The largest absolute Gasteiger partial charge is 0.480 e. The standard InChI is InChI=1S/C10H14N2O3/c1-7-8(15-6-10(13)14)4-5-9(11-7)12(2)3/h4-5H,6H2,1-3H3,(H,13,14). The predicted octanol–water partition coefficient (Wildman–Crippen LogP) is 0.919. The Kier molecular flexibility index (Phi) is 3.49. The maximum atomic E-state index is 10.3. The average Bonchev–Trinajstić information content (AvgIpc) is 2.15. The molecule has 0 atom stereocenters. The van der Waals surface area contributed by atoms with Crippen molar-refractivity contribution in [2.24, 2.45) is 0 Å². The summed E-state index contributed by atoms with van der Waals surface area (Å²) in [6.45, 7) is 1.44. The highest BCUT2D eigenvalue weighted by atomic mass is 16.5. The van der Waals surface area contributed by atoms with Gasteiger partial charge in [0.1, 0.15) is 11.6 Å². The lowest BCUT2D eigenvalue weighted by Crippen LogP contribution is -2.13. The van der Waals surface area contributed by atoms with Crippen molar-refractivity contribution in [3.05, 3.63) is 17.8 Å². The van der Waals surface area contributed by atoms with Crippen molar-refractivity contribution in [1.82, 2.24) is 4.98 Å². The lowest BCUT2D eigenvalue weighted by Gasteiger charge is -2.13. The molecule has 0 unspecified atom stereocenters. The second kappa shape index (κ2) is 4.63. The molecule has 82 valence electrons. The summed E-state index contributed by atoms with van der Waals surface area (Å²) in [5.74, 6) is 0.323. The molecule has 1 rings (SSSR count). The van der Waals surface area contributed by atoms with Crippen molar-refractivity contribution >= 4 is 11.8 Å². The summed E-state index contributed by atoms with van der Waals surface area (Å²) in [6.07, 6.45) is 0. The molecule has 5 nitrogen and oxygen atoms in total. The molecule has 1 N–H and O–H groups in total. The number of carboxylic acids is 1. The molecule has 0 saturated heterocycles. The Morgan fingerprint density at radius 3 is 2.67 bits per heavy atom. The van der Waals surface area contributed by atoms with Gasteiger partial charge in [-0.25, -0.2) is 9.78 Å². The zero-order valence-corrected chi connectivity index (χ0v) is 9.02. The lowest BCUT2D eigenvalue weighted by atomic mass is 10.3. The number of ether oxygens (including phenoxy) is 1. The SMILES string of the molecule is Cc1nc(N(C)C)ccc1OCC(=O)O. The number of hydrogen-bond donors (Lipinski definition) is 1. The molecule has 0 aromatic carbocycles. The fraction of sp³-hybridized carbons (Fsp3) is 0.400. The minimum atomic E-state index is -0.994. The summed E-state index contributed by atoms with van der Waals surface area (Å²) in [4.78, 5) is 16.4. The molecule has 0 fully saturated rings. The Bertz CT molecular complexity index is 364. The van der Waals surface area contributed by atoms with Crippen LogP contribution >= 0.6 is 0 Å². The van der Waals surface area contributed by atoms with Gasteiger partial charge in [-0.1, -0.05) is 0 Å². The van der Waals surface area contributed by atoms with E-state index in [4.69, 9.17) is 9.84 Å². The van der Waals surface area contributed by atoms with Crippen LogP contribution in [-0.2, 0) is 4.79 Å². The summed E-state index contributed by atoms with van der Waals surface area (Å²) in [7, 11) is 3.78. The van der Waals surface area contributed by atoms with Gasteiger partial charge in [-0.05, 0) is 19.1 Å². The second-order valence-corrected chi connectivity index (χ2v) is 3.33. The molecule has 0 aliphatic rings. The number of aromatic nitrogens is 1. The summed E-state index contributed by atoms with van der Waals surface area (Å²) >= 11 is 0. The normalized spacial score (nSPS) is 9.80. The third kappa shape index (κ3) is 3.12. The van der Waals surface area contributed by atoms with E-state index in [-0.39, 0.29) is 6.61 Å². The second-order valence-electron chi connectivity index (χ2n) is 3.33. The maximum absolute atomic E-state index is 10.3. The molecule has 0 amide bonds. The molecule has 5 heteroatoms. The van der Waals surface area contributed by atoms with Crippen LogP contribution in [-0.4, -0.2) is 36.8 Å². The van der Waals surface area contributed by atoms with E-state index >= 15 is 0 Å². The van der Waals surface area contributed by atoms with Crippen LogP contribution in [0, 0.1) is 6.92 Å². The van der Waals surface area contributed by atoms with Gasteiger partial charge in [0.25, 0.3) is 0 Å². The lowest BCUT2D eigenvalue weighted by molar-refractivity contribution is -0.139. The highest BCUT2D eigenvalue weighted by Crippen LogP contribution is 2.19. The fourth-order valence-corrected chi connectivity index (χ4v) is 1.08. The average molecular weight is 210 g/mol. The van der Waals surface area contributed by atoms with E-state index in [1.807, 2.05) is 19.0 Å². The van der Waals surface area contributed by atoms with Gasteiger partial charge in [0.2, 0.25) is 0 Å². The quantitative estimate of drug-likeness (QED) is 0.800. The summed E-state index contributed by atoms with van der Waals surface area (Å²) in [5.41, 5.74) is 0.683. The fourth-order valence-electron chi connectivity index (χ4n) is 1.08. The van der Waals surface area contributed by atoms with E-state index in [9.17, 15) is 4.79 Å². The molecule has 0 bridgehead atoms. The first-order chi connectivity index (χ1) is 7.00. The van der Waals surface area contributed by atoms with Crippen molar-refractivity contribution in [3.8, 4) is 5.75 Å². The van der Waals surface area contributed by atoms with Gasteiger partial charge in [0.15, 0.2) is 6.61 Å². The van der Waals surface area contributed by atoms with Crippen molar-refractivity contribution in [3.63, 3.8) is 0 Å². The van der Waals surface area contributed by atoms with Crippen LogP contribution < -0.4 is 9.64 Å². The van der Waals surface area contributed by atoms with Crippen molar-refractivity contribution < 1.29 is 14.6 Å². The topological polar surface area (TPSA) is 62.7 Å². The van der Waals surface area contributed by atoms with Crippen molar-refractivity contribution in [2.75, 3.05) is 25.6 Å². The minimum absolute atomic E-state index is 0.343. The molecule has 1 aromatic rings. The monoisotopic (exact) mass is 210 g/mol. The van der Waals surface area contributed by atoms with Crippen molar-refractivity contribution in [2.45, 2.75) is 6.92 Å². The third-order valence-electron chi connectivity index (χ3n) is 1.83. The van der Waals surface area contributed by atoms with Gasteiger partial charge in [-0.15, -0.1) is 0 Å². The van der Waals surface area contributed by atoms with Crippen LogP contribution in [0.15, 0.2) is 12.1 Å². The molecule has 15 heavy (non-hydrogen) atoms. The number of rotatable bonds is 4. The van der Waals surface area contributed by atoms with E-state index in [2.05, 4.69) is 4.98 Å². The number of carbonyl (C=O) groups is 1. The smallest absolute Gasteiger partial charge is 0.341 e. The minimum Gasteiger partial charge on any atom is -0.480 e. The Balaban J connectivity index is 2.79. The Hall–Kier alpha value is -1.78. The number of aliphatic carboxylic acids is 1. The molecule has 1 heterocycles. The molecule has 0 aliphatic heterocycles. The third-order valence-corrected chi connectivity index (χ3v) is 1.83. The first kappa shape index (κ1) is 11.3. The van der Waals surface area contributed by atoms with Crippen LogP contribution in [0.3, 0.4) is 0 Å². The van der Waals surface area contributed by atoms with Crippen LogP contribution in [0.1, 0.15) is 5.69 Å². The molecular weight excluding hydrogens is 196 g/mol. The summed E-state index contributed by atoms with van der Waals surface area (Å²) < 4.78 is 5.05. The maximum Gasteiger partial charge on any atom is 0.341 e. The van der Waals surface area contributed by atoms with E-state index in [0.717, 1.165) is 5.82 Å². The Labute approximate surface area is 88.3 Å². The highest BCUT2D eigenvalue weighted by molar-refractivity contribution is 5.68. The van der Waals surface area contributed by atoms with Gasteiger partial charge in [-0.3, -0.25) is 0 Å². The van der Waals surface area contributed by atoms with Gasteiger partial charge in [-0.2, -0.15) is 0 Å². The van der Waals surface area contributed by atoms with Crippen LogP contribution in [0.25, 0.3) is 0 Å². The summed E-state index contributed by atoms with van der Waals surface area (Å²) in [6, 6.07) is 3.50. The van der Waals surface area contributed by atoms with Gasteiger partial charge < -0.3 is 14.7 Å². The van der Waals surface area contributed by atoms with E-state index in [1.165, 1.54) is 0 Å². The first-order valence-electron chi connectivity index (χ1n) is 4.50. The van der Waals surface area contributed by atoms with Gasteiger partial charge in [0.05, 0.1) is 5.69 Å². The molecule has 0 radical (unpaired) electrons. The van der Waals surface area contributed by atoms with E-state index in [1.54, 1.807) is 19.1 Å². The van der Waals surface area contributed by atoms with E-state index < -0.39 is 5.97 Å². The molecule has 0 spiro atoms.